The van der Waals surface area contributed by atoms with Crippen LogP contribution < -0.4 is 9.62 Å². The highest BCUT2D eigenvalue weighted by molar-refractivity contribution is 7.92. The van der Waals surface area contributed by atoms with Crippen molar-refractivity contribution in [1.82, 2.24) is 10.2 Å². The van der Waals surface area contributed by atoms with Crippen molar-refractivity contribution in [2.75, 3.05) is 10.8 Å². The highest BCUT2D eigenvalue weighted by Crippen LogP contribution is 2.26. The number of anilines is 1. The second-order valence-electron chi connectivity index (χ2n) is 11.2. The van der Waals surface area contributed by atoms with E-state index in [1.54, 1.807) is 30.3 Å². The van der Waals surface area contributed by atoms with Crippen LogP contribution in [0.4, 0.5) is 5.69 Å². The number of amides is 2. The number of rotatable bonds is 13. The first-order valence-corrected chi connectivity index (χ1v) is 16.4. The zero-order chi connectivity index (χ0) is 31.7. The Morgan fingerprint density at radius 2 is 1.36 bits per heavy atom. The van der Waals surface area contributed by atoms with Crippen LogP contribution in [0.2, 0.25) is 0 Å². The third-order valence-electron chi connectivity index (χ3n) is 7.55. The fourth-order valence-corrected chi connectivity index (χ4v) is 6.49. The van der Waals surface area contributed by atoms with Crippen molar-refractivity contribution in [1.29, 1.82) is 0 Å². The van der Waals surface area contributed by atoms with Crippen LogP contribution in [0, 0.1) is 6.92 Å². The van der Waals surface area contributed by atoms with Crippen molar-refractivity contribution >= 4 is 27.5 Å². The highest BCUT2D eigenvalue weighted by atomic mass is 32.2. The summed E-state index contributed by atoms with van der Waals surface area (Å²) < 4.78 is 29.3. The fraction of sp³-hybridized carbons (Fsp3) is 0.278. The lowest BCUT2D eigenvalue weighted by Crippen LogP contribution is -2.54. The molecule has 0 aliphatic carbocycles. The number of hydrogen-bond acceptors (Lipinski definition) is 4. The minimum absolute atomic E-state index is 0.0798. The van der Waals surface area contributed by atoms with E-state index in [2.05, 4.69) is 5.32 Å². The van der Waals surface area contributed by atoms with Crippen LogP contribution >= 0.6 is 0 Å². The second-order valence-corrected chi connectivity index (χ2v) is 13.0. The molecule has 0 bridgehead atoms. The van der Waals surface area contributed by atoms with Crippen LogP contribution in [0.5, 0.6) is 0 Å². The van der Waals surface area contributed by atoms with Gasteiger partial charge in [0, 0.05) is 19.0 Å². The monoisotopic (exact) mass is 611 g/mol. The molecule has 0 unspecified atom stereocenters. The van der Waals surface area contributed by atoms with Gasteiger partial charge in [0.1, 0.15) is 12.6 Å². The Morgan fingerprint density at radius 1 is 0.773 bits per heavy atom. The minimum atomic E-state index is -4.12. The predicted octanol–water partition coefficient (Wildman–Crippen LogP) is 5.92. The van der Waals surface area contributed by atoms with E-state index in [-0.39, 0.29) is 29.8 Å². The molecule has 4 aromatic carbocycles. The van der Waals surface area contributed by atoms with Gasteiger partial charge in [0.25, 0.3) is 10.0 Å². The molecule has 0 heterocycles. The second kappa shape index (κ2) is 14.8. The van der Waals surface area contributed by atoms with Crippen molar-refractivity contribution in [3.63, 3.8) is 0 Å². The third kappa shape index (κ3) is 8.14. The van der Waals surface area contributed by atoms with Crippen molar-refractivity contribution < 1.29 is 18.0 Å². The molecule has 0 saturated heterocycles. The maximum Gasteiger partial charge on any atom is 0.264 e. The first kappa shape index (κ1) is 32.5. The van der Waals surface area contributed by atoms with E-state index in [1.807, 2.05) is 94.4 Å². The van der Waals surface area contributed by atoms with Gasteiger partial charge in [0.15, 0.2) is 0 Å². The van der Waals surface area contributed by atoms with Gasteiger partial charge in [0.05, 0.1) is 10.6 Å². The Bertz CT molecular complexity index is 1640. The largest absolute Gasteiger partial charge is 0.352 e. The van der Waals surface area contributed by atoms with Gasteiger partial charge in [-0.15, -0.1) is 0 Å². The summed E-state index contributed by atoms with van der Waals surface area (Å²) in [7, 11) is -4.12. The normalized spacial score (nSPS) is 12.0. The van der Waals surface area contributed by atoms with Crippen molar-refractivity contribution in [3.8, 4) is 0 Å². The van der Waals surface area contributed by atoms with E-state index in [0.29, 0.717) is 5.69 Å². The van der Waals surface area contributed by atoms with Crippen molar-refractivity contribution in [2.24, 2.45) is 0 Å². The smallest absolute Gasteiger partial charge is 0.264 e. The number of benzene rings is 4. The molecular formula is C36H41N3O4S. The molecule has 230 valence electrons. The van der Waals surface area contributed by atoms with Gasteiger partial charge in [-0.2, -0.15) is 0 Å². The maximum atomic E-state index is 14.5. The van der Waals surface area contributed by atoms with Crippen LogP contribution in [0.1, 0.15) is 43.0 Å². The molecule has 4 rings (SSSR count). The average Bonchev–Trinajstić information content (AvgIpc) is 3.03. The number of carbonyl (C=O) groups is 2. The topological polar surface area (TPSA) is 86.8 Å². The molecule has 4 aromatic rings. The summed E-state index contributed by atoms with van der Waals surface area (Å²) in [6, 6.07) is 31.5. The maximum absolute atomic E-state index is 14.5. The zero-order valence-electron chi connectivity index (χ0n) is 25.8. The average molecular weight is 612 g/mol. The Labute approximate surface area is 261 Å². The molecule has 0 aliphatic heterocycles. The van der Waals surface area contributed by atoms with Gasteiger partial charge in [-0.1, -0.05) is 91.9 Å². The summed E-state index contributed by atoms with van der Waals surface area (Å²) in [4.78, 5) is 29.9. The fourth-order valence-electron chi connectivity index (χ4n) is 5.05. The molecule has 7 nitrogen and oxygen atoms in total. The number of nitrogens with zero attached hydrogens (tertiary/aromatic N) is 2. The highest BCUT2D eigenvalue weighted by Gasteiger charge is 2.35. The van der Waals surface area contributed by atoms with Gasteiger partial charge in [-0.25, -0.2) is 8.42 Å². The summed E-state index contributed by atoms with van der Waals surface area (Å²) in [5.74, 6) is -0.775. The molecule has 8 heteroatoms. The third-order valence-corrected chi connectivity index (χ3v) is 9.33. The summed E-state index contributed by atoms with van der Waals surface area (Å²) >= 11 is 0. The summed E-state index contributed by atoms with van der Waals surface area (Å²) in [6.07, 6.45) is 1.06. The van der Waals surface area contributed by atoms with Crippen LogP contribution in [0.15, 0.2) is 114 Å². The Hall–Kier alpha value is -4.43. The molecule has 0 fully saturated rings. The number of carbonyl (C=O) groups excluding carboxylic acids is 2. The first-order chi connectivity index (χ1) is 21.1. The molecule has 0 saturated carbocycles. The van der Waals surface area contributed by atoms with E-state index in [9.17, 15) is 18.0 Å². The van der Waals surface area contributed by atoms with Gasteiger partial charge in [-0.05, 0) is 73.7 Å². The van der Waals surface area contributed by atoms with Gasteiger partial charge < -0.3 is 10.2 Å². The van der Waals surface area contributed by atoms with Crippen LogP contribution in [-0.2, 0) is 39.0 Å². The Morgan fingerprint density at radius 3 is 1.95 bits per heavy atom. The lowest BCUT2D eigenvalue weighted by molar-refractivity contribution is -0.140. The van der Waals surface area contributed by atoms with E-state index in [0.717, 1.165) is 33.0 Å². The van der Waals surface area contributed by atoms with Crippen molar-refractivity contribution in [3.05, 3.63) is 131 Å². The molecule has 1 atom stereocenters. The minimum Gasteiger partial charge on any atom is -0.352 e. The number of aryl methyl sites for hydroxylation is 2. The summed E-state index contributed by atoms with van der Waals surface area (Å²) in [5, 5.41) is 2.99. The standard InChI is InChI=1S/C36H41N3O4S/c1-5-29-20-22-32(23-21-29)39(44(42,43)33-18-10-7-11-19-33)26-35(40)38(25-31-17-13-12-14-28(31)4)34(36(41)37-27(2)3)24-30-15-8-6-9-16-30/h6-23,27,34H,5,24-26H2,1-4H3,(H,37,41)/t34-/m0/s1. The zero-order valence-corrected chi connectivity index (χ0v) is 26.6. The number of nitrogens with one attached hydrogen (secondary N) is 1. The predicted molar refractivity (Wildman–Crippen MR) is 176 cm³/mol. The molecule has 0 spiro atoms. The van der Waals surface area contributed by atoms with Crippen LogP contribution in [-0.4, -0.2) is 43.8 Å². The van der Waals surface area contributed by atoms with Crippen LogP contribution in [0.25, 0.3) is 0 Å². The molecular weight excluding hydrogens is 570 g/mol. The number of sulfonamides is 1. The SMILES string of the molecule is CCc1ccc(N(CC(=O)N(Cc2ccccc2C)[C@@H](Cc2ccccc2)C(=O)NC(C)C)S(=O)(=O)c2ccccc2)cc1. The lowest BCUT2D eigenvalue weighted by Gasteiger charge is -2.34. The van der Waals surface area contributed by atoms with E-state index < -0.39 is 28.5 Å². The van der Waals surface area contributed by atoms with Gasteiger partial charge >= 0.3 is 0 Å². The molecule has 0 radical (unpaired) electrons. The van der Waals surface area contributed by atoms with E-state index in [4.69, 9.17) is 0 Å². The van der Waals surface area contributed by atoms with Gasteiger partial charge in [0.2, 0.25) is 11.8 Å². The lowest BCUT2D eigenvalue weighted by atomic mass is 10.0. The molecule has 0 aliphatic rings. The van der Waals surface area contributed by atoms with Crippen LogP contribution in [0.3, 0.4) is 0 Å². The summed E-state index contributed by atoms with van der Waals surface area (Å²) in [6.45, 7) is 7.39. The molecule has 1 N–H and O–H groups in total. The Kier molecular flexibility index (Phi) is 11.0. The van der Waals surface area contributed by atoms with Crippen molar-refractivity contribution in [2.45, 2.75) is 64.1 Å². The summed E-state index contributed by atoms with van der Waals surface area (Å²) in [5.41, 5.74) is 4.16. The van der Waals surface area contributed by atoms with Gasteiger partial charge in [-0.3, -0.25) is 13.9 Å². The Balaban J connectivity index is 1.81. The van der Waals surface area contributed by atoms with E-state index in [1.165, 1.54) is 17.0 Å². The number of hydrogen-bond donors (Lipinski definition) is 1. The van der Waals surface area contributed by atoms with E-state index >= 15 is 0 Å². The molecule has 2 amide bonds. The molecule has 44 heavy (non-hydrogen) atoms. The quantitative estimate of drug-likeness (QED) is 0.204. The first-order valence-electron chi connectivity index (χ1n) is 14.9. The molecule has 0 aromatic heterocycles.